The number of benzene rings is 2. The SMILES string of the molecule is COC(=O)c1cc(N2CCOCC2)cc2c1ncn2-c1ccnc2c(F)ccc(Cl)c12. The van der Waals surface area contributed by atoms with E-state index in [2.05, 4.69) is 14.9 Å². The fourth-order valence-electron chi connectivity index (χ4n) is 3.94. The smallest absolute Gasteiger partial charge is 0.340 e. The number of morpholine rings is 1. The van der Waals surface area contributed by atoms with Crippen molar-refractivity contribution in [3.63, 3.8) is 0 Å². The van der Waals surface area contributed by atoms with E-state index in [1.165, 1.54) is 25.4 Å². The van der Waals surface area contributed by atoms with E-state index < -0.39 is 11.8 Å². The summed E-state index contributed by atoms with van der Waals surface area (Å²) in [4.78, 5) is 23.3. The summed E-state index contributed by atoms with van der Waals surface area (Å²) in [6, 6.07) is 8.28. The molecule has 0 amide bonds. The van der Waals surface area contributed by atoms with Gasteiger partial charge < -0.3 is 14.4 Å². The predicted molar refractivity (Wildman–Crippen MR) is 116 cm³/mol. The topological polar surface area (TPSA) is 69.5 Å². The molecule has 1 aliphatic rings. The molecular weight excluding hydrogens is 423 g/mol. The third-order valence-corrected chi connectivity index (χ3v) is 5.76. The number of hydrogen-bond acceptors (Lipinski definition) is 6. The molecule has 2 aromatic carbocycles. The number of aromatic nitrogens is 3. The van der Waals surface area contributed by atoms with Gasteiger partial charge in [-0.1, -0.05) is 11.6 Å². The maximum Gasteiger partial charge on any atom is 0.340 e. The van der Waals surface area contributed by atoms with Gasteiger partial charge in [-0.25, -0.2) is 14.2 Å². The van der Waals surface area contributed by atoms with Crippen LogP contribution in [0.5, 0.6) is 0 Å². The third kappa shape index (κ3) is 3.28. The van der Waals surface area contributed by atoms with Gasteiger partial charge in [0.25, 0.3) is 0 Å². The molecule has 31 heavy (non-hydrogen) atoms. The first-order valence-corrected chi connectivity index (χ1v) is 10.1. The van der Waals surface area contributed by atoms with E-state index in [-0.39, 0.29) is 5.52 Å². The number of ether oxygens (including phenoxy) is 2. The first-order chi connectivity index (χ1) is 15.1. The number of methoxy groups -OCH3 is 1. The summed E-state index contributed by atoms with van der Waals surface area (Å²) in [6.07, 6.45) is 3.12. The van der Waals surface area contributed by atoms with Gasteiger partial charge >= 0.3 is 5.97 Å². The van der Waals surface area contributed by atoms with Crippen LogP contribution in [0.25, 0.3) is 27.6 Å². The minimum absolute atomic E-state index is 0.171. The lowest BCUT2D eigenvalue weighted by atomic mass is 10.1. The van der Waals surface area contributed by atoms with Crippen LogP contribution in [-0.2, 0) is 9.47 Å². The van der Waals surface area contributed by atoms with Crippen molar-refractivity contribution in [3.8, 4) is 5.69 Å². The molecule has 0 atom stereocenters. The monoisotopic (exact) mass is 440 g/mol. The molecule has 158 valence electrons. The number of imidazole rings is 1. The maximum absolute atomic E-state index is 14.4. The summed E-state index contributed by atoms with van der Waals surface area (Å²) in [5.74, 6) is -0.941. The molecule has 7 nitrogen and oxygen atoms in total. The lowest BCUT2D eigenvalue weighted by molar-refractivity contribution is 0.0603. The van der Waals surface area contributed by atoms with Gasteiger partial charge in [0.1, 0.15) is 23.2 Å². The molecule has 1 aliphatic heterocycles. The van der Waals surface area contributed by atoms with Gasteiger partial charge in [-0.3, -0.25) is 9.55 Å². The largest absolute Gasteiger partial charge is 0.465 e. The van der Waals surface area contributed by atoms with Crippen LogP contribution < -0.4 is 4.90 Å². The number of hydrogen-bond donors (Lipinski definition) is 0. The highest BCUT2D eigenvalue weighted by atomic mass is 35.5. The number of esters is 1. The molecule has 0 unspecified atom stereocenters. The quantitative estimate of drug-likeness (QED) is 0.449. The second-order valence-corrected chi connectivity index (χ2v) is 7.56. The first-order valence-electron chi connectivity index (χ1n) is 9.73. The molecule has 0 radical (unpaired) electrons. The summed E-state index contributed by atoms with van der Waals surface area (Å²) in [5, 5.41) is 0.846. The molecule has 5 rings (SSSR count). The number of rotatable bonds is 3. The van der Waals surface area contributed by atoms with Gasteiger partial charge in [0.05, 0.1) is 42.1 Å². The van der Waals surface area contributed by atoms with Crippen molar-refractivity contribution < 1.29 is 18.7 Å². The van der Waals surface area contributed by atoms with Crippen molar-refractivity contribution in [3.05, 3.63) is 59.3 Å². The van der Waals surface area contributed by atoms with Crippen LogP contribution in [0.4, 0.5) is 10.1 Å². The maximum atomic E-state index is 14.4. The Bertz CT molecular complexity index is 1320. The standard InChI is InChI=1S/C22H18ClFN4O3/c1-30-22(29)14-10-13(27-6-8-31-9-7-27)11-18-20(14)26-12-28(18)17-4-5-25-21-16(24)3-2-15(23)19(17)21/h2-5,10-12H,6-9H2,1H3. The Morgan fingerprint density at radius 1 is 1.16 bits per heavy atom. The highest BCUT2D eigenvalue weighted by Crippen LogP contribution is 2.34. The lowest BCUT2D eigenvalue weighted by Gasteiger charge is -2.29. The van der Waals surface area contributed by atoms with Gasteiger partial charge in [-0.05, 0) is 30.3 Å². The zero-order chi connectivity index (χ0) is 21.5. The normalized spacial score (nSPS) is 14.4. The number of carbonyl (C=O) groups excluding carboxylic acids is 1. The zero-order valence-electron chi connectivity index (χ0n) is 16.6. The number of halogens is 2. The minimum atomic E-state index is -0.478. The second-order valence-electron chi connectivity index (χ2n) is 7.15. The predicted octanol–water partition coefficient (Wildman–Crippen LogP) is 3.99. The number of fused-ring (bicyclic) bond motifs is 2. The molecule has 0 spiro atoms. The fourth-order valence-corrected chi connectivity index (χ4v) is 4.19. The van der Waals surface area contributed by atoms with Crippen LogP contribution in [0.15, 0.2) is 42.9 Å². The molecule has 9 heteroatoms. The Hall–Kier alpha value is -3.23. The molecule has 4 aromatic rings. The number of anilines is 1. The number of nitrogens with zero attached hydrogens (tertiary/aromatic N) is 4. The molecule has 3 heterocycles. The van der Waals surface area contributed by atoms with Gasteiger partial charge in [0.15, 0.2) is 0 Å². The Kier molecular flexibility index (Phi) is 4.95. The van der Waals surface area contributed by atoms with Crippen LogP contribution in [0, 0.1) is 5.82 Å². The van der Waals surface area contributed by atoms with Gasteiger partial charge in [0.2, 0.25) is 0 Å². The fraction of sp³-hybridized carbons (Fsp3) is 0.227. The summed E-state index contributed by atoms with van der Waals surface area (Å²) >= 11 is 6.42. The number of carbonyl (C=O) groups is 1. The molecule has 0 bridgehead atoms. The Morgan fingerprint density at radius 3 is 2.74 bits per heavy atom. The van der Waals surface area contributed by atoms with Crippen LogP contribution in [0.3, 0.4) is 0 Å². The van der Waals surface area contributed by atoms with E-state index in [1.807, 2.05) is 6.07 Å². The van der Waals surface area contributed by atoms with E-state index in [0.717, 1.165) is 5.69 Å². The zero-order valence-corrected chi connectivity index (χ0v) is 17.4. The van der Waals surface area contributed by atoms with Crippen LogP contribution in [-0.4, -0.2) is 53.9 Å². The summed E-state index contributed by atoms with van der Waals surface area (Å²) < 4.78 is 26.6. The van der Waals surface area contributed by atoms with Gasteiger partial charge in [0, 0.05) is 30.4 Å². The molecule has 0 N–H and O–H groups in total. The van der Waals surface area contributed by atoms with Crippen molar-refractivity contribution in [1.82, 2.24) is 14.5 Å². The highest BCUT2D eigenvalue weighted by molar-refractivity contribution is 6.36. The summed E-state index contributed by atoms with van der Waals surface area (Å²) in [5.41, 5.74) is 3.17. The molecule has 1 saturated heterocycles. The average Bonchev–Trinajstić information content (AvgIpc) is 3.24. The van der Waals surface area contributed by atoms with Crippen molar-refractivity contribution in [2.75, 3.05) is 38.3 Å². The van der Waals surface area contributed by atoms with Crippen molar-refractivity contribution >= 4 is 45.2 Å². The molecule has 0 saturated carbocycles. The Morgan fingerprint density at radius 2 is 1.97 bits per heavy atom. The minimum Gasteiger partial charge on any atom is -0.465 e. The van der Waals surface area contributed by atoms with Crippen LogP contribution in [0.1, 0.15) is 10.4 Å². The van der Waals surface area contributed by atoms with Gasteiger partial charge in [-0.15, -0.1) is 0 Å². The van der Waals surface area contributed by atoms with Crippen LogP contribution in [0.2, 0.25) is 5.02 Å². The van der Waals surface area contributed by atoms with Gasteiger partial charge in [-0.2, -0.15) is 0 Å². The molecule has 1 fully saturated rings. The Labute approximate surface area is 182 Å². The third-order valence-electron chi connectivity index (χ3n) is 5.45. The van der Waals surface area contributed by atoms with E-state index in [1.54, 1.807) is 23.0 Å². The summed E-state index contributed by atoms with van der Waals surface area (Å²) in [6.45, 7) is 2.62. The van der Waals surface area contributed by atoms with E-state index in [4.69, 9.17) is 21.1 Å². The summed E-state index contributed by atoms with van der Waals surface area (Å²) in [7, 11) is 1.34. The second kappa shape index (κ2) is 7.79. The lowest BCUT2D eigenvalue weighted by Crippen LogP contribution is -2.36. The van der Waals surface area contributed by atoms with Crippen LogP contribution >= 0.6 is 11.6 Å². The van der Waals surface area contributed by atoms with Crippen molar-refractivity contribution in [2.45, 2.75) is 0 Å². The van der Waals surface area contributed by atoms with E-state index in [9.17, 15) is 9.18 Å². The average molecular weight is 441 g/mol. The Balaban J connectivity index is 1.79. The van der Waals surface area contributed by atoms with E-state index in [0.29, 0.717) is 59.0 Å². The highest BCUT2D eigenvalue weighted by Gasteiger charge is 2.22. The number of pyridine rings is 1. The first kappa shape index (κ1) is 19.7. The molecule has 2 aromatic heterocycles. The van der Waals surface area contributed by atoms with Crippen molar-refractivity contribution in [2.24, 2.45) is 0 Å². The molecule has 0 aliphatic carbocycles. The van der Waals surface area contributed by atoms with Crippen molar-refractivity contribution in [1.29, 1.82) is 0 Å². The van der Waals surface area contributed by atoms with E-state index >= 15 is 0 Å². The molecular formula is C22H18ClFN4O3.